The van der Waals surface area contributed by atoms with Crippen LogP contribution in [0.1, 0.15) is 38.2 Å². The molecule has 1 aliphatic heterocycles. The molecule has 1 fully saturated rings. The fraction of sp³-hybridized carbons (Fsp3) is 0.467. The van der Waals surface area contributed by atoms with Gasteiger partial charge in [-0.3, -0.25) is 14.5 Å². The van der Waals surface area contributed by atoms with Gasteiger partial charge in [-0.15, -0.1) is 0 Å². The number of carbonyl (C=O) groups excluding carboxylic acids is 2. The highest BCUT2D eigenvalue weighted by atomic mass is 16.5. The lowest BCUT2D eigenvalue weighted by molar-refractivity contribution is -0.138. The van der Waals surface area contributed by atoms with Gasteiger partial charge in [0.05, 0.1) is 6.54 Å². The van der Waals surface area contributed by atoms with Crippen molar-refractivity contribution in [1.82, 2.24) is 4.90 Å². The Labute approximate surface area is 113 Å². The number of hydrogen-bond donors (Lipinski definition) is 0. The predicted octanol–water partition coefficient (Wildman–Crippen LogP) is 2.34. The summed E-state index contributed by atoms with van der Waals surface area (Å²) in [4.78, 5) is 24.2. The van der Waals surface area contributed by atoms with Gasteiger partial charge < -0.3 is 4.74 Å². The summed E-state index contributed by atoms with van der Waals surface area (Å²) in [5.74, 6) is 1.03. The molecule has 0 saturated carbocycles. The summed E-state index contributed by atoms with van der Waals surface area (Å²) in [6.07, 6.45) is 0.669. The number of ether oxygens (including phenoxy) is 1. The van der Waals surface area contributed by atoms with E-state index < -0.39 is 0 Å². The van der Waals surface area contributed by atoms with Crippen LogP contribution in [0.15, 0.2) is 24.3 Å². The van der Waals surface area contributed by atoms with Crippen LogP contribution in [0.2, 0.25) is 0 Å². The van der Waals surface area contributed by atoms with Crippen LogP contribution in [0.25, 0.3) is 0 Å². The third kappa shape index (κ3) is 3.13. The molecule has 0 aromatic heterocycles. The van der Waals surface area contributed by atoms with E-state index in [2.05, 4.69) is 13.8 Å². The highest BCUT2D eigenvalue weighted by molar-refractivity contribution is 6.01. The first-order valence-electron chi connectivity index (χ1n) is 6.64. The molecule has 1 aliphatic rings. The summed E-state index contributed by atoms with van der Waals surface area (Å²) < 4.78 is 5.71. The molecule has 0 atom stereocenters. The SMILES string of the molecule is CC(C)c1ccccc1OCCN1C(=O)CCC1=O. The van der Waals surface area contributed by atoms with E-state index in [1.165, 1.54) is 4.90 Å². The minimum atomic E-state index is -0.0919. The fourth-order valence-corrected chi connectivity index (χ4v) is 2.21. The molecule has 4 heteroatoms. The lowest BCUT2D eigenvalue weighted by Crippen LogP contribution is -2.33. The van der Waals surface area contributed by atoms with Crippen molar-refractivity contribution in [3.05, 3.63) is 29.8 Å². The first-order valence-corrected chi connectivity index (χ1v) is 6.64. The number of carbonyl (C=O) groups is 2. The Hall–Kier alpha value is -1.84. The zero-order valence-electron chi connectivity index (χ0n) is 11.4. The predicted molar refractivity (Wildman–Crippen MR) is 72.0 cm³/mol. The van der Waals surface area contributed by atoms with Crippen LogP contribution in [-0.4, -0.2) is 29.9 Å². The van der Waals surface area contributed by atoms with E-state index in [1.807, 2.05) is 24.3 Å². The number of rotatable bonds is 5. The molecule has 0 unspecified atom stereocenters. The second-order valence-electron chi connectivity index (χ2n) is 4.98. The maximum atomic E-state index is 11.5. The number of benzene rings is 1. The largest absolute Gasteiger partial charge is 0.491 e. The molecule has 4 nitrogen and oxygen atoms in total. The number of likely N-dealkylation sites (tertiary alicyclic amines) is 1. The van der Waals surface area contributed by atoms with Crippen LogP contribution in [0.5, 0.6) is 5.75 Å². The van der Waals surface area contributed by atoms with Gasteiger partial charge in [0, 0.05) is 12.8 Å². The summed E-state index contributed by atoms with van der Waals surface area (Å²) in [5.41, 5.74) is 1.14. The fourth-order valence-electron chi connectivity index (χ4n) is 2.21. The number of imide groups is 1. The van der Waals surface area contributed by atoms with E-state index in [9.17, 15) is 9.59 Å². The van der Waals surface area contributed by atoms with Gasteiger partial charge in [-0.05, 0) is 17.5 Å². The van der Waals surface area contributed by atoms with Gasteiger partial charge in [0.2, 0.25) is 11.8 Å². The van der Waals surface area contributed by atoms with Crippen molar-refractivity contribution in [2.75, 3.05) is 13.2 Å². The van der Waals surface area contributed by atoms with Gasteiger partial charge in [-0.2, -0.15) is 0 Å². The smallest absolute Gasteiger partial charge is 0.229 e. The van der Waals surface area contributed by atoms with Crippen LogP contribution in [0.4, 0.5) is 0 Å². The van der Waals surface area contributed by atoms with Gasteiger partial charge in [-0.25, -0.2) is 0 Å². The summed E-state index contributed by atoms with van der Waals surface area (Å²) in [7, 11) is 0. The molecule has 102 valence electrons. The molecule has 1 aromatic rings. The molecule has 2 rings (SSSR count). The van der Waals surface area contributed by atoms with Crippen molar-refractivity contribution < 1.29 is 14.3 Å². The minimum absolute atomic E-state index is 0.0919. The van der Waals surface area contributed by atoms with Crippen molar-refractivity contribution in [1.29, 1.82) is 0 Å². The third-order valence-corrected chi connectivity index (χ3v) is 3.27. The quantitative estimate of drug-likeness (QED) is 0.764. The zero-order valence-corrected chi connectivity index (χ0v) is 11.4. The zero-order chi connectivity index (χ0) is 13.8. The summed E-state index contributed by atoms with van der Waals surface area (Å²) in [6, 6.07) is 7.86. The summed E-state index contributed by atoms with van der Waals surface area (Å²) in [5, 5.41) is 0. The van der Waals surface area contributed by atoms with E-state index in [0.717, 1.165) is 11.3 Å². The second-order valence-corrected chi connectivity index (χ2v) is 4.98. The maximum Gasteiger partial charge on any atom is 0.229 e. The molecule has 1 heterocycles. The van der Waals surface area contributed by atoms with E-state index in [1.54, 1.807) is 0 Å². The normalized spacial score (nSPS) is 15.4. The average molecular weight is 261 g/mol. The van der Waals surface area contributed by atoms with Crippen LogP contribution < -0.4 is 4.74 Å². The monoisotopic (exact) mass is 261 g/mol. The number of para-hydroxylation sites is 1. The number of amides is 2. The summed E-state index contributed by atoms with van der Waals surface area (Å²) in [6.45, 7) is 4.90. The Morgan fingerprint density at radius 3 is 2.42 bits per heavy atom. The molecule has 0 aliphatic carbocycles. The van der Waals surface area contributed by atoms with Gasteiger partial charge in [0.25, 0.3) is 0 Å². The second kappa shape index (κ2) is 5.87. The van der Waals surface area contributed by atoms with Gasteiger partial charge in [0.1, 0.15) is 12.4 Å². The van der Waals surface area contributed by atoms with Crippen molar-refractivity contribution >= 4 is 11.8 Å². The molecular weight excluding hydrogens is 242 g/mol. The van der Waals surface area contributed by atoms with E-state index in [-0.39, 0.29) is 11.8 Å². The maximum absolute atomic E-state index is 11.5. The first-order chi connectivity index (χ1) is 9.09. The molecule has 1 aromatic carbocycles. The lowest BCUT2D eigenvalue weighted by atomic mass is 10.0. The minimum Gasteiger partial charge on any atom is -0.491 e. The Morgan fingerprint density at radius 2 is 1.79 bits per heavy atom. The standard InChI is InChI=1S/C15H19NO3/c1-11(2)12-5-3-4-6-13(12)19-10-9-16-14(17)7-8-15(16)18/h3-6,11H,7-10H2,1-2H3. The summed E-state index contributed by atoms with van der Waals surface area (Å²) >= 11 is 0. The van der Waals surface area contributed by atoms with Gasteiger partial charge in [0.15, 0.2) is 0 Å². The van der Waals surface area contributed by atoms with E-state index in [4.69, 9.17) is 4.74 Å². The highest BCUT2D eigenvalue weighted by Gasteiger charge is 2.28. The Morgan fingerprint density at radius 1 is 1.16 bits per heavy atom. The lowest BCUT2D eigenvalue weighted by Gasteiger charge is -2.17. The van der Waals surface area contributed by atoms with Crippen molar-refractivity contribution in [3.8, 4) is 5.75 Å². The molecule has 0 radical (unpaired) electrons. The molecular formula is C15H19NO3. The number of nitrogens with zero attached hydrogens (tertiary/aromatic N) is 1. The third-order valence-electron chi connectivity index (χ3n) is 3.27. The molecule has 0 spiro atoms. The molecule has 1 saturated heterocycles. The van der Waals surface area contributed by atoms with Crippen LogP contribution in [-0.2, 0) is 9.59 Å². The highest BCUT2D eigenvalue weighted by Crippen LogP contribution is 2.25. The number of hydrogen-bond acceptors (Lipinski definition) is 3. The van der Waals surface area contributed by atoms with Crippen molar-refractivity contribution in [3.63, 3.8) is 0 Å². The van der Waals surface area contributed by atoms with E-state index in [0.29, 0.717) is 31.9 Å². The topological polar surface area (TPSA) is 46.6 Å². The van der Waals surface area contributed by atoms with Crippen LogP contribution in [0.3, 0.4) is 0 Å². The average Bonchev–Trinajstić information content (AvgIpc) is 2.70. The van der Waals surface area contributed by atoms with Crippen molar-refractivity contribution in [2.45, 2.75) is 32.6 Å². The Bertz CT molecular complexity index is 466. The van der Waals surface area contributed by atoms with E-state index >= 15 is 0 Å². The van der Waals surface area contributed by atoms with Crippen LogP contribution >= 0.6 is 0 Å². The molecule has 0 N–H and O–H groups in total. The molecule has 2 amide bonds. The van der Waals surface area contributed by atoms with Crippen LogP contribution in [0, 0.1) is 0 Å². The Balaban J connectivity index is 1.93. The van der Waals surface area contributed by atoms with Gasteiger partial charge in [-0.1, -0.05) is 32.0 Å². The van der Waals surface area contributed by atoms with Crippen molar-refractivity contribution in [2.24, 2.45) is 0 Å². The Kier molecular flexibility index (Phi) is 4.20. The first kappa shape index (κ1) is 13.6. The molecule has 19 heavy (non-hydrogen) atoms. The molecule has 0 bridgehead atoms. The van der Waals surface area contributed by atoms with Gasteiger partial charge >= 0.3 is 0 Å².